The molecule has 0 spiro atoms. The van der Waals surface area contributed by atoms with Crippen LogP contribution in [0.2, 0.25) is 5.28 Å². The molecule has 0 bridgehead atoms. The molecule has 0 aliphatic rings. The Morgan fingerprint density at radius 1 is 1.17 bits per heavy atom. The number of aromatic nitrogens is 3. The first-order valence-corrected chi connectivity index (χ1v) is 3.01. The van der Waals surface area contributed by atoms with Crippen molar-refractivity contribution in [2.75, 3.05) is 5.73 Å². The Bertz CT molecular complexity index is 279. The maximum absolute atomic E-state index is 11.9. The second-order valence-corrected chi connectivity index (χ2v) is 2.12. The number of halogens is 4. The molecule has 0 saturated heterocycles. The van der Waals surface area contributed by atoms with Crippen molar-refractivity contribution < 1.29 is 13.2 Å². The molecule has 1 heterocycles. The van der Waals surface area contributed by atoms with E-state index < -0.39 is 23.2 Å². The maximum atomic E-state index is 11.9. The Kier molecular flexibility index (Phi) is 2.05. The van der Waals surface area contributed by atoms with E-state index in [2.05, 4.69) is 15.0 Å². The Morgan fingerprint density at radius 2 is 1.75 bits per heavy atom. The Hall–Kier alpha value is -1.11. The van der Waals surface area contributed by atoms with Crippen LogP contribution in [-0.2, 0) is 6.18 Å². The lowest BCUT2D eigenvalue weighted by Gasteiger charge is -2.03. The van der Waals surface area contributed by atoms with Crippen molar-refractivity contribution in [1.29, 1.82) is 0 Å². The molecule has 0 unspecified atom stereocenters. The molecule has 0 aliphatic heterocycles. The van der Waals surface area contributed by atoms with Crippen LogP contribution in [0.5, 0.6) is 0 Å². The van der Waals surface area contributed by atoms with Crippen LogP contribution in [0.1, 0.15) is 5.82 Å². The number of hydrogen-bond donors (Lipinski definition) is 1. The lowest BCUT2D eigenvalue weighted by Crippen LogP contribution is -2.13. The van der Waals surface area contributed by atoms with Crippen molar-refractivity contribution in [3.63, 3.8) is 0 Å². The highest BCUT2D eigenvalue weighted by Crippen LogP contribution is 2.26. The molecule has 0 fully saturated rings. The van der Waals surface area contributed by atoms with Gasteiger partial charge >= 0.3 is 6.18 Å². The summed E-state index contributed by atoms with van der Waals surface area (Å²) in [6, 6.07) is 0. The summed E-state index contributed by atoms with van der Waals surface area (Å²) in [5.74, 6) is -1.94. The summed E-state index contributed by atoms with van der Waals surface area (Å²) in [7, 11) is 0. The van der Waals surface area contributed by atoms with Gasteiger partial charge in [-0.25, -0.2) is 0 Å². The third-order valence-electron chi connectivity index (χ3n) is 0.879. The first-order valence-electron chi connectivity index (χ1n) is 2.64. The van der Waals surface area contributed by atoms with E-state index in [1.807, 2.05) is 0 Å². The Balaban J connectivity index is 3.18. The third-order valence-corrected chi connectivity index (χ3v) is 1.05. The summed E-state index contributed by atoms with van der Waals surface area (Å²) in [6.07, 6.45) is -4.65. The van der Waals surface area contributed by atoms with E-state index >= 15 is 0 Å². The van der Waals surface area contributed by atoms with Gasteiger partial charge in [0, 0.05) is 0 Å². The van der Waals surface area contributed by atoms with Crippen molar-refractivity contribution in [1.82, 2.24) is 15.0 Å². The summed E-state index contributed by atoms with van der Waals surface area (Å²) in [5.41, 5.74) is 4.91. The lowest BCUT2D eigenvalue weighted by molar-refractivity contribution is -0.145. The zero-order valence-electron chi connectivity index (χ0n) is 5.43. The summed E-state index contributed by atoms with van der Waals surface area (Å²) in [6.45, 7) is 0. The normalized spacial score (nSPS) is 11.7. The highest BCUT2D eigenvalue weighted by molar-refractivity contribution is 6.28. The minimum absolute atomic E-state index is 0.553. The summed E-state index contributed by atoms with van der Waals surface area (Å²) >= 11 is 5.11. The topological polar surface area (TPSA) is 64.7 Å². The Morgan fingerprint density at radius 3 is 2.17 bits per heavy atom. The summed E-state index contributed by atoms with van der Waals surface area (Å²) in [4.78, 5) is 8.86. The molecule has 0 amide bonds. The quantitative estimate of drug-likeness (QED) is 0.679. The van der Waals surface area contributed by atoms with E-state index in [1.165, 1.54) is 0 Å². The van der Waals surface area contributed by atoms with Gasteiger partial charge in [-0.3, -0.25) is 0 Å². The van der Waals surface area contributed by atoms with Crippen LogP contribution in [0, 0.1) is 0 Å². The molecule has 0 radical (unpaired) electrons. The van der Waals surface area contributed by atoms with Gasteiger partial charge in [-0.05, 0) is 11.6 Å². The zero-order chi connectivity index (χ0) is 9.35. The van der Waals surface area contributed by atoms with Crippen molar-refractivity contribution in [2.24, 2.45) is 0 Å². The molecule has 1 aromatic rings. The number of nitrogens with zero attached hydrogens (tertiary/aromatic N) is 3. The first kappa shape index (κ1) is 8.98. The largest absolute Gasteiger partial charge is 0.451 e. The fraction of sp³-hybridized carbons (Fsp3) is 0.250. The number of nitrogen functional groups attached to an aromatic ring is 1. The van der Waals surface area contributed by atoms with Gasteiger partial charge in [-0.1, -0.05) is 0 Å². The molecular formula is C4H2ClF3N4. The van der Waals surface area contributed by atoms with Crippen molar-refractivity contribution in [3.8, 4) is 0 Å². The second-order valence-electron chi connectivity index (χ2n) is 1.78. The number of anilines is 1. The third kappa shape index (κ3) is 1.94. The maximum Gasteiger partial charge on any atom is 0.451 e. The molecule has 2 N–H and O–H groups in total. The van der Waals surface area contributed by atoms with E-state index in [1.54, 1.807) is 0 Å². The van der Waals surface area contributed by atoms with Crippen LogP contribution in [0.15, 0.2) is 0 Å². The molecule has 4 nitrogen and oxygen atoms in total. The van der Waals surface area contributed by atoms with E-state index in [-0.39, 0.29) is 0 Å². The molecule has 8 heteroatoms. The van der Waals surface area contributed by atoms with Gasteiger partial charge in [-0.15, -0.1) is 0 Å². The standard InChI is InChI=1S/C4H2ClF3N4/c5-2-10-1(4(6,7)8)11-3(9)12-2/h(H2,9,10,11,12). The molecule has 1 aromatic heterocycles. The van der Waals surface area contributed by atoms with Crippen LogP contribution in [0.3, 0.4) is 0 Å². The number of alkyl halides is 3. The highest BCUT2D eigenvalue weighted by atomic mass is 35.5. The minimum Gasteiger partial charge on any atom is -0.368 e. The van der Waals surface area contributed by atoms with Crippen LogP contribution < -0.4 is 5.73 Å². The van der Waals surface area contributed by atoms with Gasteiger partial charge < -0.3 is 5.73 Å². The summed E-state index contributed by atoms with van der Waals surface area (Å²) in [5, 5.41) is -0.574. The average Bonchev–Trinajstić information content (AvgIpc) is 1.82. The summed E-state index contributed by atoms with van der Waals surface area (Å²) < 4.78 is 35.6. The van der Waals surface area contributed by atoms with E-state index in [0.717, 1.165) is 0 Å². The van der Waals surface area contributed by atoms with Gasteiger partial charge in [0.1, 0.15) is 0 Å². The predicted octanol–water partition coefficient (Wildman–Crippen LogP) is 1.13. The average molecular weight is 199 g/mol. The fourth-order valence-electron chi connectivity index (χ4n) is 0.492. The molecule has 0 aromatic carbocycles. The van der Waals surface area contributed by atoms with E-state index in [9.17, 15) is 13.2 Å². The number of hydrogen-bond acceptors (Lipinski definition) is 4. The van der Waals surface area contributed by atoms with Gasteiger partial charge in [-0.2, -0.15) is 28.1 Å². The first-order chi connectivity index (χ1) is 5.39. The second kappa shape index (κ2) is 2.74. The van der Waals surface area contributed by atoms with Crippen molar-refractivity contribution in [2.45, 2.75) is 6.18 Å². The van der Waals surface area contributed by atoms with Crippen molar-refractivity contribution in [3.05, 3.63) is 11.1 Å². The monoisotopic (exact) mass is 198 g/mol. The smallest absolute Gasteiger partial charge is 0.368 e. The molecule has 66 valence electrons. The molecule has 12 heavy (non-hydrogen) atoms. The number of rotatable bonds is 0. The fourth-order valence-corrected chi connectivity index (χ4v) is 0.659. The van der Waals surface area contributed by atoms with Crippen LogP contribution in [0.4, 0.5) is 19.1 Å². The molecule has 0 saturated carbocycles. The molecule has 1 rings (SSSR count). The molecule has 0 aliphatic carbocycles. The zero-order valence-corrected chi connectivity index (χ0v) is 6.19. The highest BCUT2D eigenvalue weighted by Gasteiger charge is 2.35. The minimum atomic E-state index is -4.65. The molecular weight excluding hydrogens is 197 g/mol. The van der Waals surface area contributed by atoms with Crippen LogP contribution in [-0.4, -0.2) is 15.0 Å². The van der Waals surface area contributed by atoms with E-state index in [0.29, 0.717) is 0 Å². The van der Waals surface area contributed by atoms with Gasteiger partial charge in [0.15, 0.2) is 0 Å². The predicted molar refractivity (Wildman–Crippen MR) is 34.3 cm³/mol. The van der Waals surface area contributed by atoms with Crippen LogP contribution >= 0.6 is 11.6 Å². The lowest BCUT2D eigenvalue weighted by atomic mass is 10.6. The van der Waals surface area contributed by atoms with Crippen LogP contribution in [0.25, 0.3) is 0 Å². The number of nitrogens with two attached hydrogens (primary N) is 1. The van der Waals surface area contributed by atoms with Crippen molar-refractivity contribution >= 4 is 17.5 Å². The SMILES string of the molecule is Nc1nc(Cl)nc(C(F)(F)F)n1. The van der Waals surface area contributed by atoms with E-state index in [4.69, 9.17) is 17.3 Å². The molecule has 0 atom stereocenters. The van der Waals surface area contributed by atoms with Gasteiger partial charge in [0.05, 0.1) is 0 Å². The van der Waals surface area contributed by atoms with Gasteiger partial charge in [0.25, 0.3) is 0 Å². The Labute approximate surface area is 69.6 Å². The van der Waals surface area contributed by atoms with Gasteiger partial charge in [0.2, 0.25) is 17.1 Å².